The predicted molar refractivity (Wildman–Crippen MR) is 91.8 cm³/mol. The standard InChI is InChI=1S/C17H18BrN3/c1-20(17-8-7-14(18)11-19-17)10-9-13-12-21(2)16-6-4-3-5-15(13)16/h3-8,11-12H,9-10H2,1-2H3. The van der Waals surface area contributed by atoms with Gasteiger partial charge in [0.15, 0.2) is 0 Å². The highest BCUT2D eigenvalue weighted by Crippen LogP contribution is 2.21. The molecule has 0 unspecified atom stereocenters. The Morgan fingerprint density at radius 2 is 2.00 bits per heavy atom. The van der Waals surface area contributed by atoms with E-state index in [9.17, 15) is 0 Å². The Hall–Kier alpha value is -1.81. The molecule has 0 aliphatic rings. The zero-order valence-corrected chi connectivity index (χ0v) is 13.8. The Morgan fingerprint density at radius 3 is 2.76 bits per heavy atom. The van der Waals surface area contributed by atoms with Crippen LogP contribution in [0.4, 0.5) is 5.82 Å². The maximum Gasteiger partial charge on any atom is 0.128 e. The maximum atomic E-state index is 4.43. The normalized spacial score (nSPS) is 11.0. The lowest BCUT2D eigenvalue weighted by Crippen LogP contribution is -2.21. The van der Waals surface area contributed by atoms with Gasteiger partial charge in [-0.25, -0.2) is 4.98 Å². The molecule has 3 aromatic rings. The first-order valence-electron chi connectivity index (χ1n) is 7.01. The molecule has 0 aliphatic heterocycles. The second kappa shape index (κ2) is 5.90. The number of likely N-dealkylation sites (N-methyl/N-ethyl adjacent to an activating group) is 1. The molecule has 1 aromatic carbocycles. The van der Waals surface area contributed by atoms with Crippen molar-refractivity contribution in [2.24, 2.45) is 7.05 Å². The number of hydrogen-bond donors (Lipinski definition) is 0. The molecule has 0 atom stereocenters. The molecule has 0 amide bonds. The number of pyridine rings is 1. The van der Waals surface area contributed by atoms with Crippen LogP contribution in [0.25, 0.3) is 10.9 Å². The van der Waals surface area contributed by atoms with E-state index < -0.39 is 0 Å². The number of fused-ring (bicyclic) bond motifs is 1. The van der Waals surface area contributed by atoms with Gasteiger partial charge in [-0.3, -0.25) is 0 Å². The monoisotopic (exact) mass is 343 g/mol. The molecular weight excluding hydrogens is 326 g/mol. The Labute approximate surface area is 133 Å². The molecular formula is C17H18BrN3. The fourth-order valence-corrected chi connectivity index (χ4v) is 2.86. The zero-order chi connectivity index (χ0) is 14.8. The van der Waals surface area contributed by atoms with E-state index in [2.05, 4.69) is 74.9 Å². The van der Waals surface area contributed by atoms with E-state index in [0.29, 0.717) is 0 Å². The molecule has 3 nitrogen and oxygen atoms in total. The second-order valence-electron chi connectivity index (χ2n) is 5.29. The maximum absolute atomic E-state index is 4.43. The number of aryl methyl sites for hydroxylation is 1. The summed E-state index contributed by atoms with van der Waals surface area (Å²) in [5.74, 6) is 0.999. The Morgan fingerprint density at radius 1 is 1.19 bits per heavy atom. The minimum absolute atomic E-state index is 0.947. The van der Waals surface area contributed by atoms with Crippen molar-refractivity contribution in [3.05, 3.63) is 58.8 Å². The molecule has 0 radical (unpaired) electrons. The summed E-state index contributed by atoms with van der Waals surface area (Å²) in [4.78, 5) is 6.62. The van der Waals surface area contributed by atoms with Gasteiger partial charge in [0.05, 0.1) is 0 Å². The van der Waals surface area contributed by atoms with Crippen molar-refractivity contribution in [3.63, 3.8) is 0 Å². The van der Waals surface area contributed by atoms with E-state index in [0.717, 1.165) is 23.3 Å². The van der Waals surface area contributed by atoms with Gasteiger partial charge in [0.25, 0.3) is 0 Å². The summed E-state index contributed by atoms with van der Waals surface area (Å²) in [7, 11) is 4.19. The molecule has 3 rings (SSSR count). The molecule has 2 heterocycles. The lowest BCUT2D eigenvalue weighted by atomic mass is 10.1. The topological polar surface area (TPSA) is 21.1 Å². The van der Waals surface area contributed by atoms with Gasteiger partial charge in [-0.05, 0) is 46.1 Å². The first-order valence-corrected chi connectivity index (χ1v) is 7.80. The largest absolute Gasteiger partial charge is 0.359 e. The minimum Gasteiger partial charge on any atom is -0.359 e. The minimum atomic E-state index is 0.947. The Balaban J connectivity index is 1.76. The lowest BCUT2D eigenvalue weighted by Gasteiger charge is -2.17. The van der Waals surface area contributed by atoms with Gasteiger partial charge < -0.3 is 9.47 Å². The summed E-state index contributed by atoms with van der Waals surface area (Å²) in [5, 5.41) is 1.34. The Bertz CT molecular complexity index is 746. The van der Waals surface area contributed by atoms with Crippen LogP contribution in [-0.2, 0) is 13.5 Å². The number of halogens is 1. The summed E-state index contributed by atoms with van der Waals surface area (Å²) in [6.45, 7) is 0.947. The van der Waals surface area contributed by atoms with Gasteiger partial charge in [-0.1, -0.05) is 18.2 Å². The molecule has 21 heavy (non-hydrogen) atoms. The highest BCUT2D eigenvalue weighted by molar-refractivity contribution is 9.10. The van der Waals surface area contributed by atoms with Crippen molar-refractivity contribution in [1.82, 2.24) is 9.55 Å². The van der Waals surface area contributed by atoms with Crippen molar-refractivity contribution in [2.45, 2.75) is 6.42 Å². The average molecular weight is 344 g/mol. The number of aromatic nitrogens is 2. The molecule has 0 aliphatic carbocycles. The van der Waals surface area contributed by atoms with Crippen molar-refractivity contribution < 1.29 is 0 Å². The van der Waals surface area contributed by atoms with Crippen LogP contribution >= 0.6 is 15.9 Å². The van der Waals surface area contributed by atoms with Crippen LogP contribution in [0.3, 0.4) is 0 Å². The van der Waals surface area contributed by atoms with Gasteiger partial charge in [-0.2, -0.15) is 0 Å². The van der Waals surface area contributed by atoms with Gasteiger partial charge in [0.1, 0.15) is 5.82 Å². The SMILES string of the molecule is CN(CCc1cn(C)c2ccccc12)c1ccc(Br)cn1. The third-order valence-electron chi connectivity index (χ3n) is 3.80. The number of anilines is 1. The summed E-state index contributed by atoms with van der Waals surface area (Å²) >= 11 is 3.42. The van der Waals surface area contributed by atoms with Crippen LogP contribution < -0.4 is 4.90 Å². The van der Waals surface area contributed by atoms with Crippen molar-refractivity contribution in [2.75, 3.05) is 18.5 Å². The molecule has 108 valence electrons. The number of para-hydroxylation sites is 1. The number of hydrogen-bond acceptors (Lipinski definition) is 2. The summed E-state index contributed by atoms with van der Waals surface area (Å²) < 4.78 is 3.21. The fourth-order valence-electron chi connectivity index (χ4n) is 2.62. The molecule has 0 N–H and O–H groups in total. The molecule has 0 saturated carbocycles. The van der Waals surface area contributed by atoms with Crippen LogP contribution in [0.1, 0.15) is 5.56 Å². The molecule has 0 bridgehead atoms. The van der Waals surface area contributed by atoms with E-state index in [1.54, 1.807) is 0 Å². The van der Waals surface area contributed by atoms with Gasteiger partial charge in [0, 0.05) is 48.4 Å². The molecule has 0 fully saturated rings. The fraction of sp³-hybridized carbons (Fsp3) is 0.235. The molecule has 0 spiro atoms. The van der Waals surface area contributed by atoms with Crippen LogP contribution in [0.15, 0.2) is 53.3 Å². The van der Waals surface area contributed by atoms with E-state index in [4.69, 9.17) is 0 Å². The van der Waals surface area contributed by atoms with E-state index >= 15 is 0 Å². The summed E-state index contributed by atoms with van der Waals surface area (Å²) in [6, 6.07) is 12.6. The van der Waals surface area contributed by atoms with Gasteiger partial charge >= 0.3 is 0 Å². The van der Waals surface area contributed by atoms with E-state index in [1.807, 2.05) is 18.3 Å². The first-order chi connectivity index (χ1) is 10.1. The predicted octanol–water partition coefficient (Wildman–Crippen LogP) is 4.01. The van der Waals surface area contributed by atoms with Crippen molar-refractivity contribution in [1.29, 1.82) is 0 Å². The third kappa shape index (κ3) is 2.95. The van der Waals surface area contributed by atoms with Crippen molar-refractivity contribution in [3.8, 4) is 0 Å². The Kier molecular flexibility index (Phi) is 3.97. The van der Waals surface area contributed by atoms with E-state index in [1.165, 1.54) is 16.5 Å². The van der Waals surface area contributed by atoms with Crippen LogP contribution in [0, 0.1) is 0 Å². The number of rotatable bonds is 4. The van der Waals surface area contributed by atoms with Crippen LogP contribution in [-0.4, -0.2) is 23.1 Å². The van der Waals surface area contributed by atoms with Crippen molar-refractivity contribution >= 4 is 32.7 Å². The molecule has 2 aromatic heterocycles. The van der Waals surface area contributed by atoms with Crippen LogP contribution in [0.5, 0.6) is 0 Å². The quantitative estimate of drug-likeness (QED) is 0.713. The van der Waals surface area contributed by atoms with Crippen LogP contribution in [0.2, 0.25) is 0 Å². The molecule has 0 saturated heterocycles. The van der Waals surface area contributed by atoms with Gasteiger partial charge in [-0.15, -0.1) is 0 Å². The zero-order valence-electron chi connectivity index (χ0n) is 12.3. The summed E-state index contributed by atoms with van der Waals surface area (Å²) in [6.07, 6.45) is 5.08. The second-order valence-corrected chi connectivity index (χ2v) is 6.20. The lowest BCUT2D eigenvalue weighted by molar-refractivity contribution is 0.855. The highest BCUT2D eigenvalue weighted by Gasteiger charge is 2.08. The first kappa shape index (κ1) is 14.1. The average Bonchev–Trinajstić information content (AvgIpc) is 2.83. The number of benzene rings is 1. The highest BCUT2D eigenvalue weighted by atomic mass is 79.9. The van der Waals surface area contributed by atoms with Gasteiger partial charge in [0.2, 0.25) is 0 Å². The molecule has 4 heteroatoms. The third-order valence-corrected chi connectivity index (χ3v) is 4.27. The summed E-state index contributed by atoms with van der Waals surface area (Å²) in [5.41, 5.74) is 2.67. The number of nitrogens with zero attached hydrogens (tertiary/aromatic N) is 3. The smallest absolute Gasteiger partial charge is 0.128 e. The van der Waals surface area contributed by atoms with E-state index in [-0.39, 0.29) is 0 Å².